The topological polar surface area (TPSA) is 18.1 Å². The molecule has 212 valence electrons. The molecule has 46 heavy (non-hydrogen) atoms. The molecule has 0 saturated heterocycles. The fourth-order valence-corrected chi connectivity index (χ4v) is 8.16. The summed E-state index contributed by atoms with van der Waals surface area (Å²) in [5, 5.41) is 9.87. The van der Waals surface area contributed by atoms with Crippen molar-refractivity contribution in [1.82, 2.24) is 4.57 Å². The van der Waals surface area contributed by atoms with Crippen molar-refractivity contribution in [2.45, 2.75) is 0 Å². The van der Waals surface area contributed by atoms with Crippen molar-refractivity contribution in [3.63, 3.8) is 0 Å². The van der Waals surface area contributed by atoms with Crippen LogP contribution in [0.1, 0.15) is 0 Å². The van der Waals surface area contributed by atoms with Crippen molar-refractivity contribution < 1.29 is 4.42 Å². The van der Waals surface area contributed by atoms with Crippen LogP contribution in [0, 0.1) is 0 Å². The summed E-state index contributed by atoms with van der Waals surface area (Å²) in [6.45, 7) is 0. The van der Waals surface area contributed by atoms with E-state index in [1.807, 2.05) is 6.07 Å². The fraction of sp³-hybridized carbons (Fsp3) is 0. The maximum absolute atomic E-state index is 6.39. The Kier molecular flexibility index (Phi) is 4.61. The second-order valence-electron chi connectivity index (χ2n) is 12.5. The summed E-state index contributed by atoms with van der Waals surface area (Å²) in [7, 11) is 0. The summed E-state index contributed by atoms with van der Waals surface area (Å²) >= 11 is 0. The summed E-state index contributed by atoms with van der Waals surface area (Å²) in [6.07, 6.45) is 0. The fourth-order valence-electron chi connectivity index (χ4n) is 8.16. The van der Waals surface area contributed by atoms with E-state index in [0.29, 0.717) is 0 Å². The van der Waals surface area contributed by atoms with Crippen LogP contribution in [0.25, 0.3) is 104 Å². The van der Waals surface area contributed by atoms with Gasteiger partial charge < -0.3 is 8.98 Å². The zero-order chi connectivity index (χ0) is 29.9. The molecule has 1 aliphatic carbocycles. The molecular formula is C44H25NO. The Balaban J connectivity index is 1.21. The van der Waals surface area contributed by atoms with Gasteiger partial charge >= 0.3 is 0 Å². The van der Waals surface area contributed by atoms with Crippen molar-refractivity contribution >= 4 is 65.3 Å². The summed E-state index contributed by atoms with van der Waals surface area (Å²) in [6, 6.07) is 55.3. The van der Waals surface area contributed by atoms with Gasteiger partial charge in [-0.3, -0.25) is 0 Å². The van der Waals surface area contributed by atoms with Crippen LogP contribution in [0.3, 0.4) is 0 Å². The van der Waals surface area contributed by atoms with Crippen LogP contribution in [-0.4, -0.2) is 4.57 Å². The molecular weight excluding hydrogens is 558 g/mol. The monoisotopic (exact) mass is 583 g/mol. The highest BCUT2D eigenvalue weighted by molar-refractivity contribution is 6.24. The molecule has 8 aromatic carbocycles. The van der Waals surface area contributed by atoms with Gasteiger partial charge in [0.15, 0.2) is 0 Å². The average Bonchev–Trinajstić information content (AvgIpc) is 3.76. The first kappa shape index (κ1) is 24.2. The molecule has 0 fully saturated rings. The average molecular weight is 584 g/mol. The van der Waals surface area contributed by atoms with Crippen LogP contribution in [0.15, 0.2) is 156 Å². The standard InChI is InChI=1S/C44H25NO/c1-2-12-30-26(9-1)19-22-39-44(30)38-25-42-37(33-15-5-6-18-41(33)46-42)24-40(38)45(39)28-11-7-10-27(23-28)29-20-21-36-32-14-4-3-13-31(32)35-17-8-16-34(29)43(35)36/h1-25H. The number of hydrogen-bond acceptors (Lipinski definition) is 1. The first-order valence-corrected chi connectivity index (χ1v) is 15.9. The number of aromatic nitrogens is 1. The Hall–Kier alpha value is -6.12. The first-order valence-electron chi connectivity index (χ1n) is 15.9. The van der Waals surface area contributed by atoms with E-state index in [4.69, 9.17) is 4.42 Å². The molecule has 0 bridgehead atoms. The van der Waals surface area contributed by atoms with Crippen LogP contribution in [0.2, 0.25) is 0 Å². The van der Waals surface area contributed by atoms with Crippen LogP contribution >= 0.6 is 0 Å². The normalized spacial score (nSPS) is 12.3. The third-order valence-electron chi connectivity index (χ3n) is 10.1. The zero-order valence-electron chi connectivity index (χ0n) is 24.8. The van der Waals surface area contributed by atoms with Crippen molar-refractivity contribution in [3.8, 4) is 39.1 Å². The van der Waals surface area contributed by atoms with Gasteiger partial charge in [-0.2, -0.15) is 0 Å². The van der Waals surface area contributed by atoms with Gasteiger partial charge in [0, 0.05) is 27.2 Å². The van der Waals surface area contributed by atoms with Gasteiger partial charge in [-0.05, 0) is 91.3 Å². The van der Waals surface area contributed by atoms with E-state index in [1.54, 1.807) is 0 Å². The minimum absolute atomic E-state index is 0.919. The second-order valence-corrected chi connectivity index (χ2v) is 12.5. The quantitative estimate of drug-likeness (QED) is 0.198. The molecule has 0 saturated carbocycles. The van der Waals surface area contributed by atoms with Gasteiger partial charge in [0.1, 0.15) is 11.2 Å². The van der Waals surface area contributed by atoms with Crippen LogP contribution < -0.4 is 0 Å². The van der Waals surface area contributed by atoms with E-state index in [0.717, 1.165) is 27.6 Å². The second kappa shape index (κ2) is 8.74. The van der Waals surface area contributed by atoms with Crippen LogP contribution in [-0.2, 0) is 0 Å². The third-order valence-corrected chi connectivity index (χ3v) is 10.1. The maximum Gasteiger partial charge on any atom is 0.136 e. The molecule has 0 aliphatic heterocycles. The van der Waals surface area contributed by atoms with Gasteiger partial charge in [-0.25, -0.2) is 0 Å². The lowest BCUT2D eigenvalue weighted by atomic mass is 9.94. The molecule has 11 rings (SSSR count). The van der Waals surface area contributed by atoms with Crippen molar-refractivity contribution in [3.05, 3.63) is 152 Å². The van der Waals surface area contributed by atoms with Crippen LogP contribution in [0.5, 0.6) is 0 Å². The van der Waals surface area contributed by atoms with Gasteiger partial charge in [-0.1, -0.05) is 115 Å². The first-order chi connectivity index (χ1) is 22.8. The SMILES string of the molecule is c1cc(-c2ccc3c4c(cccc24)-c2ccccc2-3)cc(-n2c3cc4c(cc3c3c5ccccc5ccc32)oc2ccccc24)c1. The molecule has 2 aromatic heterocycles. The Labute approximate surface area is 264 Å². The molecule has 2 heterocycles. The minimum Gasteiger partial charge on any atom is -0.456 e. The zero-order valence-corrected chi connectivity index (χ0v) is 24.8. The lowest BCUT2D eigenvalue weighted by Crippen LogP contribution is -1.94. The molecule has 1 aliphatic rings. The highest BCUT2D eigenvalue weighted by Gasteiger charge is 2.23. The number of fused-ring (bicyclic) bond motifs is 11. The van der Waals surface area contributed by atoms with E-state index in [9.17, 15) is 0 Å². The Bertz CT molecular complexity index is 2890. The van der Waals surface area contributed by atoms with Crippen molar-refractivity contribution in [2.24, 2.45) is 0 Å². The number of nitrogens with zero attached hydrogens (tertiary/aromatic N) is 1. The van der Waals surface area contributed by atoms with Gasteiger partial charge in [0.25, 0.3) is 0 Å². The highest BCUT2D eigenvalue weighted by atomic mass is 16.3. The van der Waals surface area contributed by atoms with E-state index >= 15 is 0 Å². The molecule has 0 N–H and O–H groups in total. The molecule has 0 spiro atoms. The largest absolute Gasteiger partial charge is 0.456 e. The third kappa shape index (κ3) is 3.10. The Morgan fingerprint density at radius 2 is 1.09 bits per heavy atom. The molecule has 2 heteroatoms. The Morgan fingerprint density at radius 1 is 0.370 bits per heavy atom. The maximum atomic E-state index is 6.39. The van der Waals surface area contributed by atoms with Gasteiger partial charge in [0.05, 0.1) is 11.0 Å². The molecule has 10 aromatic rings. The smallest absolute Gasteiger partial charge is 0.136 e. The number of furan rings is 1. The van der Waals surface area contributed by atoms with E-state index in [2.05, 4.69) is 150 Å². The predicted molar refractivity (Wildman–Crippen MR) is 193 cm³/mol. The summed E-state index contributed by atoms with van der Waals surface area (Å²) < 4.78 is 8.83. The minimum atomic E-state index is 0.919. The molecule has 0 radical (unpaired) electrons. The number of para-hydroxylation sites is 1. The molecule has 0 atom stereocenters. The predicted octanol–water partition coefficient (Wildman–Crippen LogP) is 12.3. The molecule has 0 amide bonds. The van der Waals surface area contributed by atoms with Crippen molar-refractivity contribution in [1.29, 1.82) is 0 Å². The van der Waals surface area contributed by atoms with Crippen LogP contribution in [0.4, 0.5) is 0 Å². The lowest BCUT2D eigenvalue weighted by molar-refractivity contribution is 0.669. The number of benzene rings is 8. The summed E-state index contributed by atoms with van der Waals surface area (Å²) in [4.78, 5) is 0. The molecule has 0 unspecified atom stereocenters. The van der Waals surface area contributed by atoms with Gasteiger partial charge in [0.2, 0.25) is 0 Å². The number of rotatable bonds is 2. The molecule has 2 nitrogen and oxygen atoms in total. The lowest BCUT2D eigenvalue weighted by Gasteiger charge is -2.13. The summed E-state index contributed by atoms with van der Waals surface area (Å²) in [5.74, 6) is 0. The van der Waals surface area contributed by atoms with E-state index in [1.165, 1.54) is 76.7 Å². The highest BCUT2D eigenvalue weighted by Crippen LogP contribution is 2.49. The van der Waals surface area contributed by atoms with Gasteiger partial charge in [-0.15, -0.1) is 0 Å². The Morgan fingerprint density at radius 3 is 2.00 bits per heavy atom. The van der Waals surface area contributed by atoms with E-state index in [-0.39, 0.29) is 0 Å². The number of hydrogen-bond donors (Lipinski definition) is 0. The summed E-state index contributed by atoms with van der Waals surface area (Å²) in [5.41, 5.74) is 13.1. The van der Waals surface area contributed by atoms with Crippen molar-refractivity contribution in [2.75, 3.05) is 0 Å². The van der Waals surface area contributed by atoms with E-state index < -0.39 is 0 Å².